The van der Waals surface area contributed by atoms with E-state index in [1.54, 1.807) is 0 Å². The van der Waals surface area contributed by atoms with Crippen molar-refractivity contribution in [1.29, 1.82) is 0 Å². The minimum atomic E-state index is 0.535. The normalized spacial score (nSPS) is 33.3. The molecule has 1 unspecified atom stereocenters. The van der Waals surface area contributed by atoms with Crippen molar-refractivity contribution in [1.82, 2.24) is 4.90 Å². The first-order chi connectivity index (χ1) is 5.45. The zero-order valence-electron chi connectivity index (χ0n) is 6.79. The first kappa shape index (κ1) is 7.53. The van der Waals surface area contributed by atoms with Crippen molar-refractivity contribution in [2.24, 2.45) is 0 Å². The molecule has 2 heterocycles. The molecule has 3 heteroatoms. The van der Waals surface area contributed by atoms with Crippen molar-refractivity contribution < 1.29 is 9.47 Å². The van der Waals surface area contributed by atoms with Gasteiger partial charge < -0.3 is 9.47 Å². The fourth-order valence-corrected chi connectivity index (χ4v) is 1.44. The number of hydrogen-bond donors (Lipinski definition) is 0. The molecule has 3 nitrogen and oxygen atoms in total. The van der Waals surface area contributed by atoms with Crippen LogP contribution in [0.2, 0.25) is 0 Å². The van der Waals surface area contributed by atoms with E-state index in [1.165, 1.54) is 13.0 Å². The van der Waals surface area contributed by atoms with Crippen LogP contribution in [0.1, 0.15) is 6.42 Å². The predicted molar refractivity (Wildman–Crippen MR) is 41.6 cm³/mol. The maximum atomic E-state index is 5.34. The third-order valence-electron chi connectivity index (χ3n) is 2.18. The molecular formula is C8H15NO2. The predicted octanol–water partition coefficient (Wildman–Crippen LogP) is 0.107. The Balaban J connectivity index is 1.71. The number of hydrogen-bond acceptors (Lipinski definition) is 3. The van der Waals surface area contributed by atoms with E-state index < -0.39 is 0 Å². The molecule has 2 rings (SSSR count). The van der Waals surface area contributed by atoms with Gasteiger partial charge in [0.25, 0.3) is 0 Å². The van der Waals surface area contributed by atoms with Crippen LogP contribution in [-0.2, 0) is 9.47 Å². The van der Waals surface area contributed by atoms with Gasteiger partial charge >= 0.3 is 0 Å². The van der Waals surface area contributed by atoms with Crippen LogP contribution in [0.25, 0.3) is 0 Å². The van der Waals surface area contributed by atoms with Crippen LogP contribution in [0.4, 0.5) is 0 Å². The molecule has 0 amide bonds. The molecule has 2 fully saturated rings. The Bertz CT molecular complexity index is 117. The minimum absolute atomic E-state index is 0.535. The molecule has 1 atom stereocenters. The summed E-state index contributed by atoms with van der Waals surface area (Å²) in [6.45, 7) is 6.18. The summed E-state index contributed by atoms with van der Waals surface area (Å²) in [5.74, 6) is 0. The van der Waals surface area contributed by atoms with Gasteiger partial charge in [0.05, 0.1) is 19.3 Å². The molecule has 2 aliphatic rings. The van der Waals surface area contributed by atoms with Gasteiger partial charge in [0, 0.05) is 26.2 Å². The Labute approximate surface area is 67.3 Å². The third-order valence-corrected chi connectivity index (χ3v) is 2.18. The van der Waals surface area contributed by atoms with Gasteiger partial charge in [-0.25, -0.2) is 0 Å². The Morgan fingerprint density at radius 1 is 1.27 bits per heavy atom. The lowest BCUT2D eigenvalue weighted by Gasteiger charge is -2.16. The number of ether oxygens (including phenoxy) is 2. The van der Waals surface area contributed by atoms with Crippen molar-refractivity contribution in [3.63, 3.8) is 0 Å². The molecule has 0 aromatic rings. The van der Waals surface area contributed by atoms with Crippen LogP contribution < -0.4 is 0 Å². The Morgan fingerprint density at radius 2 is 2.18 bits per heavy atom. The zero-order chi connectivity index (χ0) is 7.52. The van der Waals surface area contributed by atoms with Gasteiger partial charge in [0.15, 0.2) is 0 Å². The van der Waals surface area contributed by atoms with Gasteiger partial charge in [-0.05, 0) is 6.42 Å². The summed E-state index contributed by atoms with van der Waals surface area (Å²) < 4.78 is 10.5. The smallest absolute Gasteiger partial charge is 0.0936 e. The van der Waals surface area contributed by atoms with Crippen LogP contribution >= 0.6 is 0 Å². The SMILES string of the molecule is C1COCCN(CC2CO2)C1. The maximum Gasteiger partial charge on any atom is 0.0936 e. The number of epoxide rings is 1. The molecule has 11 heavy (non-hydrogen) atoms. The van der Waals surface area contributed by atoms with Gasteiger partial charge in [-0.15, -0.1) is 0 Å². The molecule has 0 aromatic heterocycles. The Hall–Kier alpha value is -0.120. The third kappa shape index (κ3) is 2.43. The summed E-state index contributed by atoms with van der Waals surface area (Å²) in [6.07, 6.45) is 1.71. The second kappa shape index (κ2) is 3.52. The quantitative estimate of drug-likeness (QED) is 0.532. The summed E-state index contributed by atoms with van der Waals surface area (Å²) in [5.41, 5.74) is 0. The molecular weight excluding hydrogens is 142 g/mol. The first-order valence-electron chi connectivity index (χ1n) is 4.37. The lowest BCUT2D eigenvalue weighted by molar-refractivity contribution is 0.140. The van der Waals surface area contributed by atoms with E-state index in [0.29, 0.717) is 6.10 Å². The van der Waals surface area contributed by atoms with Gasteiger partial charge in [-0.3, -0.25) is 4.90 Å². The molecule has 64 valence electrons. The highest BCUT2D eigenvalue weighted by atomic mass is 16.6. The van der Waals surface area contributed by atoms with E-state index in [4.69, 9.17) is 9.47 Å². The second-order valence-corrected chi connectivity index (χ2v) is 3.22. The van der Waals surface area contributed by atoms with Crippen LogP contribution in [0.15, 0.2) is 0 Å². The highest BCUT2D eigenvalue weighted by Crippen LogP contribution is 2.11. The summed E-state index contributed by atoms with van der Waals surface area (Å²) >= 11 is 0. The monoisotopic (exact) mass is 157 g/mol. The van der Waals surface area contributed by atoms with Crippen LogP contribution in [-0.4, -0.2) is 50.5 Å². The Morgan fingerprint density at radius 3 is 3.00 bits per heavy atom. The number of nitrogens with zero attached hydrogens (tertiary/aromatic N) is 1. The molecule has 0 radical (unpaired) electrons. The highest BCUT2D eigenvalue weighted by Gasteiger charge is 2.25. The zero-order valence-corrected chi connectivity index (χ0v) is 6.79. The van der Waals surface area contributed by atoms with Crippen molar-refractivity contribution in [3.8, 4) is 0 Å². The van der Waals surface area contributed by atoms with E-state index in [0.717, 1.165) is 32.9 Å². The Kier molecular flexibility index (Phi) is 2.41. The highest BCUT2D eigenvalue weighted by molar-refractivity contribution is 4.75. The summed E-state index contributed by atoms with van der Waals surface area (Å²) in [7, 11) is 0. The van der Waals surface area contributed by atoms with Gasteiger partial charge in [0.2, 0.25) is 0 Å². The van der Waals surface area contributed by atoms with Crippen molar-refractivity contribution in [2.45, 2.75) is 12.5 Å². The van der Waals surface area contributed by atoms with E-state index in [2.05, 4.69) is 4.90 Å². The van der Waals surface area contributed by atoms with Crippen LogP contribution in [0, 0.1) is 0 Å². The average molecular weight is 157 g/mol. The van der Waals surface area contributed by atoms with Crippen molar-refractivity contribution >= 4 is 0 Å². The fourth-order valence-electron chi connectivity index (χ4n) is 1.44. The molecule has 2 aliphatic heterocycles. The van der Waals surface area contributed by atoms with E-state index >= 15 is 0 Å². The minimum Gasteiger partial charge on any atom is -0.380 e. The molecule has 0 aromatic carbocycles. The topological polar surface area (TPSA) is 25.0 Å². The van der Waals surface area contributed by atoms with Gasteiger partial charge in [0.1, 0.15) is 0 Å². The molecule has 0 aliphatic carbocycles. The average Bonchev–Trinajstić information content (AvgIpc) is 2.77. The summed E-state index contributed by atoms with van der Waals surface area (Å²) in [5, 5.41) is 0. The summed E-state index contributed by atoms with van der Waals surface area (Å²) in [6, 6.07) is 0. The lowest BCUT2D eigenvalue weighted by atomic mass is 10.3. The van der Waals surface area contributed by atoms with Gasteiger partial charge in [-0.2, -0.15) is 0 Å². The number of rotatable bonds is 2. The second-order valence-electron chi connectivity index (χ2n) is 3.22. The first-order valence-corrected chi connectivity index (χ1v) is 4.37. The maximum absolute atomic E-state index is 5.34. The fraction of sp³-hybridized carbons (Fsp3) is 1.00. The molecule has 0 spiro atoms. The molecule has 2 saturated heterocycles. The molecule has 0 saturated carbocycles. The summed E-state index contributed by atoms with van der Waals surface area (Å²) in [4.78, 5) is 2.44. The largest absolute Gasteiger partial charge is 0.380 e. The van der Waals surface area contributed by atoms with Crippen LogP contribution in [0.5, 0.6) is 0 Å². The van der Waals surface area contributed by atoms with Crippen molar-refractivity contribution in [2.75, 3.05) is 39.5 Å². The van der Waals surface area contributed by atoms with E-state index in [-0.39, 0.29) is 0 Å². The molecule has 0 N–H and O–H groups in total. The van der Waals surface area contributed by atoms with Crippen LogP contribution in [0.3, 0.4) is 0 Å². The lowest BCUT2D eigenvalue weighted by Crippen LogP contribution is -2.30. The van der Waals surface area contributed by atoms with Crippen molar-refractivity contribution in [3.05, 3.63) is 0 Å². The standard InChI is InChI=1S/C8H15NO2/c1-2-9(3-5-10-4-1)6-8-7-11-8/h8H,1-7H2. The van der Waals surface area contributed by atoms with E-state index in [9.17, 15) is 0 Å². The van der Waals surface area contributed by atoms with Gasteiger partial charge in [-0.1, -0.05) is 0 Å². The van der Waals surface area contributed by atoms with E-state index in [1.807, 2.05) is 0 Å². The molecule has 0 bridgehead atoms.